The lowest BCUT2D eigenvalue weighted by atomic mass is 10.1. The first-order valence-corrected chi connectivity index (χ1v) is 4.97. The van der Waals surface area contributed by atoms with Crippen molar-refractivity contribution in [2.45, 2.75) is 26.7 Å². The number of rotatable bonds is 3. The van der Waals surface area contributed by atoms with Crippen LogP contribution in [0.3, 0.4) is 0 Å². The van der Waals surface area contributed by atoms with Gasteiger partial charge in [-0.05, 0) is 12.8 Å². The summed E-state index contributed by atoms with van der Waals surface area (Å²) < 4.78 is 0. The largest absolute Gasteiger partial charge is 0.374 e. The van der Waals surface area contributed by atoms with E-state index >= 15 is 0 Å². The second-order valence-electron chi connectivity index (χ2n) is 3.87. The zero-order chi connectivity index (χ0) is 11.6. The first-order valence-electron chi connectivity index (χ1n) is 4.97. The first-order chi connectivity index (χ1) is 6.97. The van der Waals surface area contributed by atoms with Crippen LogP contribution in [0.25, 0.3) is 0 Å². The number of nitrogens with one attached hydrogen (secondary N) is 3. The molecule has 0 fully saturated rings. The third-order valence-electron chi connectivity index (χ3n) is 2.30. The highest BCUT2D eigenvalue weighted by Gasteiger charge is 2.11. The van der Waals surface area contributed by atoms with E-state index < -0.39 is 0 Å². The number of aromatic amines is 1. The Balaban J connectivity index is 3.44. The molecule has 0 aliphatic rings. The summed E-state index contributed by atoms with van der Waals surface area (Å²) in [5, 5.41) is 10.5. The van der Waals surface area contributed by atoms with Crippen LogP contribution in [0.1, 0.15) is 37.9 Å². The third kappa shape index (κ3) is 2.26. The summed E-state index contributed by atoms with van der Waals surface area (Å²) >= 11 is 0. The zero-order valence-corrected chi connectivity index (χ0v) is 9.56. The van der Waals surface area contributed by atoms with Gasteiger partial charge in [0, 0.05) is 24.5 Å². The lowest BCUT2D eigenvalue weighted by molar-refractivity contribution is 0.821. The van der Waals surface area contributed by atoms with Gasteiger partial charge in [0.1, 0.15) is 5.82 Å². The fraction of sp³-hybridized carbons (Fsp3) is 0.455. The van der Waals surface area contributed by atoms with Gasteiger partial charge < -0.3 is 15.7 Å². The van der Waals surface area contributed by atoms with Crippen LogP contribution >= 0.6 is 0 Å². The predicted octanol–water partition coefficient (Wildman–Crippen LogP) is 1.93. The summed E-state index contributed by atoms with van der Waals surface area (Å²) in [4.78, 5) is 14.9. The number of pyridine rings is 1. The van der Waals surface area contributed by atoms with Crippen LogP contribution in [0.15, 0.2) is 10.9 Å². The molecule has 0 saturated heterocycles. The van der Waals surface area contributed by atoms with Gasteiger partial charge in [-0.15, -0.1) is 0 Å². The van der Waals surface area contributed by atoms with E-state index in [0.717, 1.165) is 5.69 Å². The van der Waals surface area contributed by atoms with E-state index in [1.807, 2.05) is 13.8 Å². The van der Waals surface area contributed by atoms with Gasteiger partial charge in [-0.25, -0.2) is 0 Å². The molecule has 1 rings (SSSR count). The molecule has 1 heterocycles. The van der Waals surface area contributed by atoms with E-state index in [-0.39, 0.29) is 17.1 Å². The molecule has 0 spiro atoms. The average molecular weight is 207 g/mol. The van der Waals surface area contributed by atoms with Gasteiger partial charge in [0.25, 0.3) is 0 Å². The number of aromatic nitrogens is 1. The maximum Gasteiger partial charge on any atom is 0.193 e. The molecule has 0 aromatic carbocycles. The minimum atomic E-state index is -0.102. The lowest BCUT2D eigenvalue weighted by Crippen LogP contribution is -2.18. The van der Waals surface area contributed by atoms with Gasteiger partial charge in [0.2, 0.25) is 0 Å². The Morgan fingerprint density at radius 2 is 2.13 bits per heavy atom. The molecular formula is C11H17N3O. The molecule has 4 nitrogen and oxygen atoms in total. The molecule has 1 aromatic rings. The maximum absolute atomic E-state index is 11.8. The summed E-state index contributed by atoms with van der Waals surface area (Å²) in [6.45, 7) is 5.64. The van der Waals surface area contributed by atoms with E-state index in [1.165, 1.54) is 0 Å². The van der Waals surface area contributed by atoms with Crippen LogP contribution in [0.4, 0.5) is 5.82 Å². The quantitative estimate of drug-likeness (QED) is 0.663. The van der Waals surface area contributed by atoms with Crippen LogP contribution in [0.5, 0.6) is 0 Å². The van der Waals surface area contributed by atoms with Crippen LogP contribution in [-0.2, 0) is 0 Å². The molecule has 1 aromatic heterocycles. The minimum Gasteiger partial charge on any atom is -0.374 e. The van der Waals surface area contributed by atoms with Gasteiger partial charge >= 0.3 is 0 Å². The van der Waals surface area contributed by atoms with Gasteiger partial charge in [-0.2, -0.15) is 0 Å². The van der Waals surface area contributed by atoms with Crippen molar-refractivity contribution in [1.29, 1.82) is 5.41 Å². The number of hydrogen-bond donors (Lipinski definition) is 3. The van der Waals surface area contributed by atoms with Crippen LogP contribution in [-0.4, -0.2) is 17.7 Å². The number of anilines is 1. The van der Waals surface area contributed by atoms with Crippen LogP contribution in [0, 0.1) is 5.41 Å². The third-order valence-corrected chi connectivity index (χ3v) is 2.30. The minimum absolute atomic E-state index is 0.102. The molecular weight excluding hydrogens is 190 g/mol. The van der Waals surface area contributed by atoms with Gasteiger partial charge in [0.15, 0.2) is 5.43 Å². The highest BCUT2D eigenvalue weighted by atomic mass is 16.1. The Morgan fingerprint density at radius 3 is 2.53 bits per heavy atom. The summed E-state index contributed by atoms with van der Waals surface area (Å²) in [7, 11) is 1.74. The normalized spacial score (nSPS) is 10.5. The van der Waals surface area contributed by atoms with Crippen molar-refractivity contribution < 1.29 is 0 Å². The van der Waals surface area contributed by atoms with E-state index in [1.54, 1.807) is 20.0 Å². The Hall–Kier alpha value is -1.58. The summed E-state index contributed by atoms with van der Waals surface area (Å²) in [5.74, 6) is 0.892. The zero-order valence-electron chi connectivity index (χ0n) is 9.56. The van der Waals surface area contributed by atoms with Crippen molar-refractivity contribution in [3.8, 4) is 0 Å². The average Bonchev–Trinajstić information content (AvgIpc) is 2.15. The second kappa shape index (κ2) is 4.29. The van der Waals surface area contributed by atoms with Crippen molar-refractivity contribution in [2.24, 2.45) is 0 Å². The number of H-pyrrole nitrogens is 1. The predicted molar refractivity (Wildman–Crippen MR) is 63.2 cm³/mol. The van der Waals surface area contributed by atoms with Crippen LogP contribution < -0.4 is 10.7 Å². The molecule has 15 heavy (non-hydrogen) atoms. The lowest BCUT2D eigenvalue weighted by Gasteiger charge is -2.12. The standard InChI is InChI=1S/C11H17N3O/c1-6(2)8-5-9(15)10(7(3)12)11(13-4)14-8/h5-6,12H,1-4H3,(H2,13,14,15). The second-order valence-corrected chi connectivity index (χ2v) is 3.87. The summed E-state index contributed by atoms with van der Waals surface area (Å²) in [6.07, 6.45) is 0. The van der Waals surface area contributed by atoms with Gasteiger partial charge in [-0.1, -0.05) is 13.8 Å². The SMILES string of the molecule is CNc1[nH]c(C(C)C)cc(=O)c1C(C)=N. The van der Waals surface area contributed by atoms with Crippen molar-refractivity contribution >= 4 is 11.5 Å². The van der Waals surface area contributed by atoms with Crippen molar-refractivity contribution in [1.82, 2.24) is 4.98 Å². The summed E-state index contributed by atoms with van der Waals surface area (Å²) in [5.41, 5.74) is 1.47. The van der Waals surface area contributed by atoms with E-state index in [2.05, 4.69) is 10.3 Å². The fourth-order valence-electron chi connectivity index (χ4n) is 1.45. The molecule has 0 aliphatic heterocycles. The van der Waals surface area contributed by atoms with E-state index in [4.69, 9.17) is 5.41 Å². The maximum atomic E-state index is 11.8. The molecule has 0 amide bonds. The molecule has 0 saturated carbocycles. The van der Waals surface area contributed by atoms with Gasteiger partial charge in [-0.3, -0.25) is 4.79 Å². The molecule has 4 heteroatoms. The van der Waals surface area contributed by atoms with Crippen molar-refractivity contribution in [3.63, 3.8) is 0 Å². The Bertz CT molecular complexity index is 432. The topological polar surface area (TPSA) is 68.7 Å². The fourth-order valence-corrected chi connectivity index (χ4v) is 1.45. The Kier molecular flexibility index (Phi) is 3.29. The highest BCUT2D eigenvalue weighted by Crippen LogP contribution is 2.15. The first kappa shape index (κ1) is 11.5. The van der Waals surface area contributed by atoms with Gasteiger partial charge in [0.05, 0.1) is 5.56 Å². The molecule has 0 aliphatic carbocycles. The Morgan fingerprint density at radius 1 is 1.53 bits per heavy atom. The molecule has 0 atom stereocenters. The molecule has 0 radical (unpaired) electrons. The van der Waals surface area contributed by atoms with Crippen LogP contribution in [0.2, 0.25) is 0 Å². The van der Waals surface area contributed by atoms with Crippen molar-refractivity contribution in [2.75, 3.05) is 12.4 Å². The van der Waals surface area contributed by atoms with E-state index in [0.29, 0.717) is 11.4 Å². The molecule has 3 N–H and O–H groups in total. The Labute approximate surface area is 89.2 Å². The van der Waals surface area contributed by atoms with Crippen molar-refractivity contribution in [3.05, 3.63) is 27.5 Å². The summed E-state index contributed by atoms with van der Waals surface area (Å²) in [6, 6.07) is 1.57. The highest BCUT2D eigenvalue weighted by molar-refractivity contribution is 6.00. The molecule has 82 valence electrons. The molecule has 0 bridgehead atoms. The smallest absolute Gasteiger partial charge is 0.193 e. The monoisotopic (exact) mass is 207 g/mol. The van der Waals surface area contributed by atoms with E-state index in [9.17, 15) is 4.79 Å². The molecule has 0 unspecified atom stereocenters. The number of hydrogen-bond acceptors (Lipinski definition) is 3.